The van der Waals surface area contributed by atoms with Gasteiger partial charge in [0, 0.05) is 31.7 Å². The molecule has 2 aliphatic rings. The summed E-state index contributed by atoms with van der Waals surface area (Å²) in [4.78, 5) is 27.4. The van der Waals surface area contributed by atoms with Gasteiger partial charge < -0.3 is 10.2 Å². The molecule has 0 aliphatic carbocycles. The van der Waals surface area contributed by atoms with E-state index in [2.05, 4.69) is 5.32 Å². The van der Waals surface area contributed by atoms with Crippen molar-refractivity contribution < 1.29 is 18.0 Å². The Kier molecular flexibility index (Phi) is 7.02. The number of hydrogen-bond donors (Lipinski definition) is 1. The van der Waals surface area contributed by atoms with Gasteiger partial charge in [-0.05, 0) is 61.9 Å². The molecule has 1 N–H and O–H groups in total. The summed E-state index contributed by atoms with van der Waals surface area (Å²) < 4.78 is 28.4. The van der Waals surface area contributed by atoms with Crippen LogP contribution in [0.15, 0.2) is 53.4 Å². The maximum Gasteiger partial charge on any atom is 0.264 e. The second-order valence-corrected chi connectivity index (χ2v) is 10.6. The van der Waals surface area contributed by atoms with Crippen LogP contribution in [0.25, 0.3) is 0 Å². The molecule has 0 spiro atoms. The fourth-order valence-electron chi connectivity index (χ4n) is 4.62. The molecule has 2 heterocycles. The molecule has 8 heteroatoms. The lowest BCUT2D eigenvalue weighted by atomic mass is 9.96. The Bertz CT molecular complexity index is 1130. The normalized spacial score (nSPS) is 18.5. The Balaban J connectivity index is 1.54. The molecule has 1 atom stereocenters. The van der Waals surface area contributed by atoms with Crippen molar-refractivity contribution in [2.24, 2.45) is 5.92 Å². The lowest BCUT2D eigenvalue weighted by Gasteiger charge is -2.32. The number of fused-ring (bicyclic) bond motifs is 1. The smallest absolute Gasteiger partial charge is 0.264 e. The van der Waals surface area contributed by atoms with Crippen LogP contribution >= 0.6 is 0 Å². The monoisotopic (exact) mass is 469 g/mol. The van der Waals surface area contributed by atoms with E-state index in [-0.39, 0.29) is 22.6 Å². The maximum absolute atomic E-state index is 13.5. The molecule has 176 valence electrons. The minimum absolute atomic E-state index is 0.0190. The van der Waals surface area contributed by atoms with Gasteiger partial charge in [-0.15, -0.1) is 0 Å². The van der Waals surface area contributed by atoms with Crippen LogP contribution < -0.4 is 9.62 Å². The van der Waals surface area contributed by atoms with Crippen molar-refractivity contribution in [3.8, 4) is 0 Å². The minimum atomic E-state index is -3.80. The van der Waals surface area contributed by atoms with Crippen LogP contribution in [0.4, 0.5) is 5.69 Å². The number of nitrogens with zero attached hydrogens (tertiary/aromatic N) is 2. The van der Waals surface area contributed by atoms with E-state index in [1.165, 1.54) is 10.4 Å². The number of carbonyl (C=O) groups is 2. The number of amides is 2. The molecular formula is C25H31N3O4S. The molecule has 0 radical (unpaired) electrons. The number of benzene rings is 2. The van der Waals surface area contributed by atoms with Gasteiger partial charge >= 0.3 is 0 Å². The van der Waals surface area contributed by atoms with Gasteiger partial charge in [-0.25, -0.2) is 8.42 Å². The van der Waals surface area contributed by atoms with Crippen molar-refractivity contribution in [1.29, 1.82) is 0 Å². The first kappa shape index (κ1) is 23.3. The highest BCUT2D eigenvalue weighted by Gasteiger charge is 2.31. The van der Waals surface area contributed by atoms with E-state index >= 15 is 0 Å². The number of aryl methyl sites for hydroxylation is 1. The predicted octanol–water partition coefficient (Wildman–Crippen LogP) is 3.21. The Labute approximate surface area is 195 Å². The summed E-state index contributed by atoms with van der Waals surface area (Å²) in [6, 6.07) is 13.8. The molecule has 1 saturated heterocycles. The first-order chi connectivity index (χ1) is 15.9. The van der Waals surface area contributed by atoms with E-state index in [0.29, 0.717) is 37.4 Å². The molecule has 2 aliphatic heterocycles. The highest BCUT2D eigenvalue weighted by atomic mass is 32.2. The van der Waals surface area contributed by atoms with Crippen LogP contribution in [0.2, 0.25) is 0 Å². The zero-order valence-corrected chi connectivity index (χ0v) is 19.8. The van der Waals surface area contributed by atoms with Crippen LogP contribution in [-0.4, -0.2) is 51.3 Å². The molecule has 7 nitrogen and oxygen atoms in total. The number of piperidine rings is 1. The number of nitrogens with one attached hydrogen (secondary N) is 1. The topological polar surface area (TPSA) is 86.8 Å². The molecule has 1 fully saturated rings. The van der Waals surface area contributed by atoms with Gasteiger partial charge in [-0.3, -0.25) is 13.9 Å². The van der Waals surface area contributed by atoms with Gasteiger partial charge in [0.05, 0.1) is 16.5 Å². The molecular weight excluding hydrogens is 438 g/mol. The molecule has 4 rings (SSSR count). The van der Waals surface area contributed by atoms with E-state index in [1.807, 2.05) is 31.2 Å². The largest absolute Gasteiger partial charge is 0.356 e. The summed E-state index contributed by atoms with van der Waals surface area (Å²) in [5, 5.41) is 2.91. The zero-order valence-electron chi connectivity index (χ0n) is 19.0. The third-order valence-electron chi connectivity index (χ3n) is 6.37. The molecule has 2 aromatic rings. The highest BCUT2D eigenvalue weighted by molar-refractivity contribution is 7.92. The average Bonchev–Trinajstić information content (AvgIpc) is 2.86. The number of likely N-dealkylation sites (tertiary alicyclic amines) is 1. The number of hydrogen-bond acceptors (Lipinski definition) is 4. The van der Waals surface area contributed by atoms with E-state index in [0.717, 1.165) is 37.7 Å². The van der Waals surface area contributed by atoms with Gasteiger partial charge in [-0.1, -0.05) is 31.2 Å². The van der Waals surface area contributed by atoms with Crippen LogP contribution in [0.5, 0.6) is 0 Å². The lowest BCUT2D eigenvalue weighted by Crippen LogP contribution is -2.45. The summed E-state index contributed by atoms with van der Waals surface area (Å²) in [7, 11) is -3.80. The fraction of sp³-hybridized carbons (Fsp3) is 0.440. The number of carbonyl (C=O) groups excluding carboxylic acids is 2. The van der Waals surface area contributed by atoms with Gasteiger partial charge in [0.15, 0.2) is 0 Å². The Morgan fingerprint density at radius 1 is 1.06 bits per heavy atom. The quantitative estimate of drug-likeness (QED) is 0.704. The molecule has 0 aromatic heterocycles. The zero-order chi connectivity index (χ0) is 23.4. The van der Waals surface area contributed by atoms with Crippen LogP contribution in [0, 0.1) is 5.92 Å². The summed E-state index contributed by atoms with van der Waals surface area (Å²) in [5.74, 6) is -0.487. The Morgan fingerprint density at radius 3 is 2.70 bits per heavy atom. The van der Waals surface area contributed by atoms with Gasteiger partial charge in [0.25, 0.3) is 15.9 Å². The molecule has 0 bridgehead atoms. The third-order valence-corrected chi connectivity index (χ3v) is 8.17. The summed E-state index contributed by atoms with van der Waals surface area (Å²) in [6.45, 7) is 3.96. The van der Waals surface area contributed by atoms with E-state index in [1.54, 1.807) is 23.1 Å². The fourth-order valence-corrected chi connectivity index (χ4v) is 6.20. The summed E-state index contributed by atoms with van der Waals surface area (Å²) in [6.07, 6.45) is 3.97. The van der Waals surface area contributed by atoms with Crippen molar-refractivity contribution in [3.63, 3.8) is 0 Å². The second-order valence-electron chi connectivity index (χ2n) is 8.72. The van der Waals surface area contributed by atoms with Crippen LogP contribution in [-0.2, 0) is 21.2 Å². The third kappa shape index (κ3) is 4.90. The van der Waals surface area contributed by atoms with Crippen molar-refractivity contribution >= 4 is 27.5 Å². The van der Waals surface area contributed by atoms with Crippen LogP contribution in [0.1, 0.15) is 48.5 Å². The van der Waals surface area contributed by atoms with E-state index in [4.69, 9.17) is 0 Å². The second kappa shape index (κ2) is 9.95. The number of rotatable bonds is 6. The molecule has 33 heavy (non-hydrogen) atoms. The molecule has 0 saturated carbocycles. The van der Waals surface area contributed by atoms with Gasteiger partial charge in [-0.2, -0.15) is 0 Å². The lowest BCUT2D eigenvalue weighted by molar-refractivity contribution is -0.126. The molecule has 2 amide bonds. The summed E-state index contributed by atoms with van der Waals surface area (Å²) >= 11 is 0. The number of para-hydroxylation sites is 1. The Morgan fingerprint density at radius 2 is 1.88 bits per heavy atom. The molecule has 1 unspecified atom stereocenters. The number of sulfonamides is 1. The SMILES string of the molecule is CCCNC(=O)C1CCCN(C(=O)c2cccc(S(=O)(=O)N3CCCc4ccccc43)c2)C1. The average molecular weight is 470 g/mol. The molecule has 2 aromatic carbocycles. The summed E-state index contributed by atoms with van der Waals surface area (Å²) in [5.41, 5.74) is 2.05. The standard InChI is InChI=1S/C25H31N3O4S/c1-2-14-26-24(29)21-11-6-15-27(18-21)25(30)20-9-5-12-22(17-20)33(31,32)28-16-7-10-19-8-3-4-13-23(19)28/h3-5,8-9,12-13,17,21H,2,6-7,10-11,14-16,18H2,1H3,(H,26,29). The van der Waals surface area contributed by atoms with E-state index in [9.17, 15) is 18.0 Å². The maximum atomic E-state index is 13.5. The van der Waals surface area contributed by atoms with Gasteiger partial charge in [0.2, 0.25) is 5.91 Å². The van der Waals surface area contributed by atoms with Crippen LogP contribution in [0.3, 0.4) is 0 Å². The van der Waals surface area contributed by atoms with Crippen molar-refractivity contribution in [3.05, 3.63) is 59.7 Å². The van der Waals surface area contributed by atoms with Crippen molar-refractivity contribution in [1.82, 2.24) is 10.2 Å². The number of anilines is 1. The Hall–Kier alpha value is -2.87. The first-order valence-corrected chi connectivity index (χ1v) is 13.1. The van der Waals surface area contributed by atoms with Crippen molar-refractivity contribution in [2.45, 2.75) is 43.9 Å². The predicted molar refractivity (Wildman–Crippen MR) is 128 cm³/mol. The first-order valence-electron chi connectivity index (χ1n) is 11.7. The van der Waals surface area contributed by atoms with E-state index < -0.39 is 10.0 Å². The minimum Gasteiger partial charge on any atom is -0.356 e. The van der Waals surface area contributed by atoms with Crippen molar-refractivity contribution in [2.75, 3.05) is 30.5 Å². The van der Waals surface area contributed by atoms with Gasteiger partial charge in [0.1, 0.15) is 0 Å². The highest BCUT2D eigenvalue weighted by Crippen LogP contribution is 2.32.